The van der Waals surface area contributed by atoms with E-state index in [9.17, 15) is 4.79 Å². The van der Waals surface area contributed by atoms with Gasteiger partial charge in [-0.1, -0.05) is 0 Å². The second-order valence-corrected chi connectivity index (χ2v) is 5.20. The van der Waals surface area contributed by atoms with Gasteiger partial charge in [-0.15, -0.1) is 11.3 Å². The molecule has 4 heteroatoms. The highest BCUT2D eigenvalue weighted by atomic mass is 32.1. The molecule has 1 aliphatic heterocycles. The number of rotatable bonds is 3. The van der Waals surface area contributed by atoms with Crippen LogP contribution in [0.1, 0.15) is 28.1 Å². The van der Waals surface area contributed by atoms with E-state index in [0.717, 1.165) is 10.4 Å². The van der Waals surface area contributed by atoms with E-state index in [1.165, 1.54) is 0 Å². The van der Waals surface area contributed by atoms with E-state index < -0.39 is 5.60 Å². The molecule has 2 rings (SSSR count). The smallest absolute Gasteiger partial charge is 0.195 e. The number of aryl methyl sites for hydroxylation is 1. The number of Topliss-reactive ketones (excluding diaryl/α,β-unsaturated/α-hetero) is 1. The SMILES string of the molecule is COC1(C(=O)c2csc(C)c2)CCOCC1. The fourth-order valence-corrected chi connectivity index (χ4v) is 2.73. The lowest BCUT2D eigenvalue weighted by Crippen LogP contribution is -2.45. The average molecular weight is 240 g/mol. The van der Waals surface area contributed by atoms with E-state index in [1.54, 1.807) is 18.4 Å². The predicted molar refractivity (Wildman–Crippen MR) is 63.2 cm³/mol. The Labute approximate surface area is 99.4 Å². The van der Waals surface area contributed by atoms with Gasteiger partial charge < -0.3 is 9.47 Å². The van der Waals surface area contributed by atoms with E-state index in [2.05, 4.69) is 0 Å². The van der Waals surface area contributed by atoms with Crippen molar-refractivity contribution in [3.05, 3.63) is 21.9 Å². The third kappa shape index (κ3) is 2.05. The number of methoxy groups -OCH3 is 1. The largest absolute Gasteiger partial charge is 0.381 e. The van der Waals surface area contributed by atoms with Crippen LogP contribution in [-0.2, 0) is 9.47 Å². The number of thiophene rings is 1. The second-order valence-electron chi connectivity index (χ2n) is 4.09. The van der Waals surface area contributed by atoms with Gasteiger partial charge in [0.1, 0.15) is 5.60 Å². The van der Waals surface area contributed by atoms with Crippen LogP contribution in [-0.4, -0.2) is 31.7 Å². The van der Waals surface area contributed by atoms with Gasteiger partial charge in [-0.2, -0.15) is 0 Å². The van der Waals surface area contributed by atoms with Gasteiger partial charge in [0, 0.05) is 49.0 Å². The number of hydrogen-bond acceptors (Lipinski definition) is 4. The van der Waals surface area contributed by atoms with Crippen LogP contribution < -0.4 is 0 Å². The summed E-state index contributed by atoms with van der Waals surface area (Å²) < 4.78 is 10.8. The van der Waals surface area contributed by atoms with Gasteiger partial charge in [0.05, 0.1) is 0 Å². The molecular weight excluding hydrogens is 224 g/mol. The van der Waals surface area contributed by atoms with Crippen LogP contribution in [0.25, 0.3) is 0 Å². The summed E-state index contributed by atoms with van der Waals surface area (Å²) in [6.07, 6.45) is 1.30. The number of ketones is 1. The van der Waals surface area contributed by atoms with Gasteiger partial charge >= 0.3 is 0 Å². The van der Waals surface area contributed by atoms with E-state index in [-0.39, 0.29) is 5.78 Å². The molecule has 1 aromatic rings. The first kappa shape index (κ1) is 11.8. The molecule has 0 atom stereocenters. The van der Waals surface area contributed by atoms with E-state index in [1.807, 2.05) is 18.4 Å². The maximum atomic E-state index is 12.4. The zero-order valence-corrected chi connectivity index (χ0v) is 10.4. The highest BCUT2D eigenvalue weighted by molar-refractivity contribution is 7.10. The molecule has 0 radical (unpaired) electrons. The monoisotopic (exact) mass is 240 g/mol. The maximum Gasteiger partial charge on any atom is 0.195 e. The first-order valence-electron chi connectivity index (χ1n) is 5.41. The second kappa shape index (κ2) is 4.65. The first-order valence-corrected chi connectivity index (χ1v) is 6.29. The van der Waals surface area contributed by atoms with Crippen LogP contribution in [0.3, 0.4) is 0 Å². The Bertz CT molecular complexity index is 377. The van der Waals surface area contributed by atoms with Gasteiger partial charge in [-0.25, -0.2) is 0 Å². The Morgan fingerprint density at radius 3 is 2.69 bits per heavy atom. The molecule has 1 fully saturated rings. The van der Waals surface area contributed by atoms with Crippen LogP contribution in [0, 0.1) is 6.92 Å². The van der Waals surface area contributed by atoms with Crippen molar-refractivity contribution in [1.82, 2.24) is 0 Å². The van der Waals surface area contributed by atoms with Gasteiger partial charge in [-0.3, -0.25) is 4.79 Å². The van der Waals surface area contributed by atoms with Crippen LogP contribution in [0.2, 0.25) is 0 Å². The third-order valence-corrected chi connectivity index (χ3v) is 3.96. The molecule has 0 bridgehead atoms. The predicted octanol–water partition coefficient (Wildman–Crippen LogP) is 2.43. The van der Waals surface area contributed by atoms with Crippen molar-refractivity contribution in [1.29, 1.82) is 0 Å². The Morgan fingerprint density at radius 2 is 2.19 bits per heavy atom. The van der Waals surface area contributed by atoms with Gasteiger partial charge in [0.15, 0.2) is 5.78 Å². The Hall–Kier alpha value is -0.710. The molecule has 16 heavy (non-hydrogen) atoms. The minimum absolute atomic E-state index is 0.0997. The van der Waals surface area contributed by atoms with Gasteiger partial charge in [0.2, 0.25) is 0 Å². The van der Waals surface area contributed by atoms with Crippen LogP contribution in [0.4, 0.5) is 0 Å². The average Bonchev–Trinajstić information content (AvgIpc) is 2.76. The molecule has 0 unspecified atom stereocenters. The first-order chi connectivity index (χ1) is 7.68. The molecular formula is C12H16O3S. The molecule has 88 valence electrons. The highest BCUT2D eigenvalue weighted by Crippen LogP contribution is 2.30. The van der Waals surface area contributed by atoms with E-state index >= 15 is 0 Å². The summed E-state index contributed by atoms with van der Waals surface area (Å²) in [5.74, 6) is 0.0997. The number of carbonyl (C=O) groups is 1. The van der Waals surface area contributed by atoms with Crippen molar-refractivity contribution in [3.63, 3.8) is 0 Å². The lowest BCUT2D eigenvalue weighted by atomic mass is 9.86. The Kier molecular flexibility index (Phi) is 3.42. The van der Waals surface area contributed by atoms with Gasteiger partial charge in [-0.05, 0) is 13.0 Å². The summed E-state index contributed by atoms with van der Waals surface area (Å²) >= 11 is 1.60. The minimum Gasteiger partial charge on any atom is -0.381 e. The maximum absolute atomic E-state index is 12.4. The van der Waals surface area contributed by atoms with E-state index in [0.29, 0.717) is 26.1 Å². The van der Waals surface area contributed by atoms with Gasteiger partial charge in [0.25, 0.3) is 0 Å². The zero-order chi connectivity index (χ0) is 11.6. The van der Waals surface area contributed by atoms with Crippen LogP contribution in [0.5, 0.6) is 0 Å². The molecule has 0 aliphatic carbocycles. The van der Waals surface area contributed by atoms with Crippen molar-refractivity contribution >= 4 is 17.1 Å². The van der Waals surface area contributed by atoms with Crippen molar-refractivity contribution < 1.29 is 14.3 Å². The Balaban J connectivity index is 2.24. The van der Waals surface area contributed by atoms with Crippen molar-refractivity contribution in [2.45, 2.75) is 25.4 Å². The van der Waals surface area contributed by atoms with Crippen molar-refractivity contribution in [3.8, 4) is 0 Å². The molecule has 0 aromatic carbocycles. The van der Waals surface area contributed by atoms with Crippen LogP contribution >= 0.6 is 11.3 Å². The van der Waals surface area contributed by atoms with Crippen LogP contribution in [0.15, 0.2) is 11.4 Å². The molecule has 1 aliphatic rings. The molecule has 2 heterocycles. The molecule has 0 N–H and O–H groups in total. The molecule has 3 nitrogen and oxygen atoms in total. The summed E-state index contributed by atoms with van der Waals surface area (Å²) in [7, 11) is 1.61. The molecule has 0 spiro atoms. The standard InChI is InChI=1S/C12H16O3S/c1-9-7-10(8-16-9)11(13)12(14-2)3-5-15-6-4-12/h7-8H,3-6H2,1-2H3. The topological polar surface area (TPSA) is 35.5 Å². The minimum atomic E-state index is -0.661. The molecule has 1 aromatic heterocycles. The number of hydrogen-bond donors (Lipinski definition) is 0. The lowest BCUT2D eigenvalue weighted by Gasteiger charge is -2.34. The third-order valence-electron chi connectivity index (χ3n) is 3.10. The summed E-state index contributed by atoms with van der Waals surface area (Å²) in [6.45, 7) is 3.20. The summed E-state index contributed by atoms with van der Waals surface area (Å²) in [5.41, 5.74) is 0.109. The van der Waals surface area contributed by atoms with Crippen molar-refractivity contribution in [2.24, 2.45) is 0 Å². The molecule has 1 saturated heterocycles. The van der Waals surface area contributed by atoms with Crippen molar-refractivity contribution in [2.75, 3.05) is 20.3 Å². The fraction of sp³-hybridized carbons (Fsp3) is 0.583. The summed E-state index contributed by atoms with van der Waals surface area (Å²) in [4.78, 5) is 13.5. The highest BCUT2D eigenvalue weighted by Gasteiger charge is 2.40. The molecule has 0 amide bonds. The quantitative estimate of drug-likeness (QED) is 0.761. The summed E-state index contributed by atoms with van der Waals surface area (Å²) in [5, 5.41) is 1.91. The lowest BCUT2D eigenvalue weighted by molar-refractivity contribution is -0.0662. The normalized spacial score (nSPS) is 19.6. The fourth-order valence-electron chi connectivity index (χ4n) is 2.05. The Morgan fingerprint density at radius 1 is 1.50 bits per heavy atom. The number of carbonyl (C=O) groups excluding carboxylic acids is 1. The number of ether oxygens (including phenoxy) is 2. The molecule has 0 saturated carbocycles. The van der Waals surface area contributed by atoms with E-state index in [4.69, 9.17) is 9.47 Å². The summed E-state index contributed by atoms with van der Waals surface area (Å²) in [6, 6.07) is 1.93. The zero-order valence-electron chi connectivity index (χ0n) is 9.62.